The van der Waals surface area contributed by atoms with Crippen molar-refractivity contribution in [3.8, 4) is 0 Å². The maximum absolute atomic E-state index is 11.3. The van der Waals surface area contributed by atoms with Crippen molar-refractivity contribution in [3.05, 3.63) is 68.8 Å². The van der Waals surface area contributed by atoms with Crippen LogP contribution in [0.15, 0.2) is 24.3 Å². The monoisotopic (exact) mass is 472 g/mol. The number of rotatable bonds is 10. The third-order valence-corrected chi connectivity index (χ3v) is 5.60. The highest BCUT2D eigenvalue weighted by atomic mass is 16.4. The predicted octanol–water partition coefficient (Wildman–Crippen LogP) is 5.20. The normalized spacial score (nSPS) is 10.2. The number of carboxylic acids is 4. The standard InChI is InChI=1S/C14H18O4.C12H14O4/c1-3-5-6-10-9(4-2)7-8-11(13(15)16)12(10)14(17)18;1-3-7-5-6-9(11(13)14)10(12(15)16)8(7)4-2/h7-8H,3-6H2,1-2H3,(H,15,16)(H,17,18);5-6H,3-4H2,1-2H3,(H,13,14)(H,15,16). The minimum atomic E-state index is -1.20. The van der Waals surface area contributed by atoms with Gasteiger partial charge in [0, 0.05) is 0 Å². The van der Waals surface area contributed by atoms with Crippen LogP contribution in [0.3, 0.4) is 0 Å². The minimum absolute atomic E-state index is 0.0460. The van der Waals surface area contributed by atoms with E-state index in [1.54, 1.807) is 12.1 Å². The molecular weight excluding hydrogens is 440 g/mol. The fourth-order valence-electron chi connectivity index (χ4n) is 3.93. The quantitative estimate of drug-likeness (QED) is 0.369. The average molecular weight is 473 g/mol. The van der Waals surface area contributed by atoms with Crippen LogP contribution in [-0.2, 0) is 25.7 Å². The molecule has 0 bridgehead atoms. The maximum atomic E-state index is 11.3. The van der Waals surface area contributed by atoms with Crippen molar-refractivity contribution in [1.82, 2.24) is 0 Å². The lowest BCUT2D eigenvalue weighted by atomic mass is 9.91. The zero-order valence-electron chi connectivity index (χ0n) is 20.0. The van der Waals surface area contributed by atoms with Crippen LogP contribution in [0, 0.1) is 0 Å². The van der Waals surface area contributed by atoms with Gasteiger partial charge in [-0.05, 0) is 66.5 Å². The van der Waals surface area contributed by atoms with Gasteiger partial charge in [0.15, 0.2) is 0 Å². The highest BCUT2D eigenvalue weighted by molar-refractivity contribution is 6.03. The predicted molar refractivity (Wildman–Crippen MR) is 127 cm³/mol. The van der Waals surface area contributed by atoms with Crippen LogP contribution in [0.2, 0.25) is 0 Å². The highest BCUT2D eigenvalue weighted by Crippen LogP contribution is 2.23. The number of benzene rings is 2. The first-order valence-electron chi connectivity index (χ1n) is 11.3. The molecule has 0 aliphatic heterocycles. The first-order valence-corrected chi connectivity index (χ1v) is 11.3. The summed E-state index contributed by atoms with van der Waals surface area (Å²) >= 11 is 0. The van der Waals surface area contributed by atoms with Crippen molar-refractivity contribution in [2.24, 2.45) is 0 Å². The smallest absolute Gasteiger partial charge is 0.336 e. The molecule has 2 aromatic rings. The molecule has 0 atom stereocenters. The molecule has 0 saturated heterocycles. The number of hydrogen-bond acceptors (Lipinski definition) is 4. The van der Waals surface area contributed by atoms with E-state index in [4.69, 9.17) is 15.3 Å². The lowest BCUT2D eigenvalue weighted by Gasteiger charge is -2.13. The Kier molecular flexibility index (Phi) is 10.9. The van der Waals surface area contributed by atoms with E-state index in [2.05, 4.69) is 0 Å². The van der Waals surface area contributed by atoms with E-state index < -0.39 is 23.9 Å². The van der Waals surface area contributed by atoms with Crippen molar-refractivity contribution in [2.75, 3.05) is 0 Å². The highest BCUT2D eigenvalue weighted by Gasteiger charge is 2.22. The minimum Gasteiger partial charge on any atom is -0.478 e. The Morgan fingerprint density at radius 3 is 1.32 bits per heavy atom. The van der Waals surface area contributed by atoms with Gasteiger partial charge >= 0.3 is 23.9 Å². The van der Waals surface area contributed by atoms with Gasteiger partial charge in [0.1, 0.15) is 0 Å². The second-order valence-electron chi connectivity index (χ2n) is 7.64. The lowest BCUT2D eigenvalue weighted by molar-refractivity contribution is 0.0650. The van der Waals surface area contributed by atoms with E-state index in [1.807, 2.05) is 27.7 Å². The van der Waals surface area contributed by atoms with Crippen LogP contribution in [-0.4, -0.2) is 44.3 Å². The Bertz CT molecular complexity index is 1070. The first-order chi connectivity index (χ1) is 16.0. The molecule has 0 radical (unpaired) electrons. The third kappa shape index (κ3) is 6.66. The third-order valence-electron chi connectivity index (χ3n) is 5.60. The first kappa shape index (κ1) is 28.4. The van der Waals surface area contributed by atoms with Gasteiger partial charge in [-0.1, -0.05) is 46.2 Å². The van der Waals surface area contributed by atoms with Crippen molar-refractivity contribution in [3.63, 3.8) is 0 Å². The SMILES string of the molecule is CCCCc1c(CC)ccc(C(=O)O)c1C(=O)O.CCc1ccc(C(=O)O)c(C(=O)O)c1CC. The zero-order chi connectivity index (χ0) is 26.0. The number of unbranched alkanes of at least 4 members (excludes halogenated alkanes) is 1. The summed E-state index contributed by atoms with van der Waals surface area (Å²) in [5, 5.41) is 36.3. The van der Waals surface area contributed by atoms with Crippen LogP contribution in [0.4, 0.5) is 0 Å². The molecule has 8 heteroatoms. The number of carbonyl (C=O) groups is 4. The van der Waals surface area contributed by atoms with Gasteiger partial charge in [-0.15, -0.1) is 0 Å². The van der Waals surface area contributed by atoms with Crippen molar-refractivity contribution >= 4 is 23.9 Å². The van der Waals surface area contributed by atoms with Gasteiger partial charge in [0.2, 0.25) is 0 Å². The second-order valence-corrected chi connectivity index (χ2v) is 7.64. The fourth-order valence-corrected chi connectivity index (χ4v) is 3.93. The Labute approximate surface area is 198 Å². The molecule has 0 saturated carbocycles. The molecule has 2 rings (SSSR count). The lowest BCUT2D eigenvalue weighted by Crippen LogP contribution is -2.13. The molecule has 0 unspecified atom stereocenters. The molecule has 0 fully saturated rings. The summed E-state index contributed by atoms with van der Waals surface area (Å²) in [5.74, 6) is -4.72. The topological polar surface area (TPSA) is 149 Å². The molecule has 4 N–H and O–H groups in total. The molecular formula is C26H32O8. The molecule has 0 spiro atoms. The van der Waals surface area contributed by atoms with E-state index in [9.17, 15) is 24.3 Å². The zero-order valence-corrected chi connectivity index (χ0v) is 20.0. The molecule has 8 nitrogen and oxygen atoms in total. The van der Waals surface area contributed by atoms with Gasteiger partial charge in [0.25, 0.3) is 0 Å². The average Bonchev–Trinajstić information content (AvgIpc) is 2.80. The van der Waals surface area contributed by atoms with Gasteiger partial charge < -0.3 is 20.4 Å². The van der Waals surface area contributed by atoms with E-state index in [-0.39, 0.29) is 22.3 Å². The molecule has 0 aliphatic carbocycles. The van der Waals surface area contributed by atoms with Gasteiger partial charge in [-0.3, -0.25) is 0 Å². The summed E-state index contributed by atoms with van der Waals surface area (Å²) in [5.41, 5.74) is 2.73. The van der Waals surface area contributed by atoms with Crippen molar-refractivity contribution in [2.45, 2.75) is 66.2 Å². The van der Waals surface area contributed by atoms with Gasteiger partial charge in [-0.25, -0.2) is 19.2 Å². The van der Waals surface area contributed by atoms with Crippen LogP contribution in [0.5, 0.6) is 0 Å². The summed E-state index contributed by atoms with van der Waals surface area (Å²) in [6.07, 6.45) is 4.34. The van der Waals surface area contributed by atoms with E-state index >= 15 is 0 Å². The van der Waals surface area contributed by atoms with Gasteiger partial charge in [0.05, 0.1) is 22.3 Å². The van der Waals surface area contributed by atoms with Crippen LogP contribution >= 0.6 is 0 Å². The number of carboxylic acid groups (broad SMARTS) is 4. The largest absolute Gasteiger partial charge is 0.478 e. The molecule has 184 valence electrons. The number of hydrogen-bond donors (Lipinski definition) is 4. The fraction of sp³-hybridized carbons (Fsp3) is 0.385. The van der Waals surface area contributed by atoms with E-state index in [0.29, 0.717) is 36.8 Å². The Hall–Kier alpha value is -3.68. The van der Waals surface area contributed by atoms with E-state index in [0.717, 1.165) is 24.0 Å². The van der Waals surface area contributed by atoms with Crippen molar-refractivity contribution < 1.29 is 39.6 Å². The van der Waals surface area contributed by atoms with Crippen molar-refractivity contribution in [1.29, 1.82) is 0 Å². The molecule has 0 aromatic heterocycles. The summed E-state index contributed by atoms with van der Waals surface area (Å²) in [6.45, 7) is 7.71. The molecule has 0 heterocycles. The summed E-state index contributed by atoms with van der Waals surface area (Å²) in [7, 11) is 0. The molecule has 34 heavy (non-hydrogen) atoms. The number of aryl methyl sites for hydroxylation is 2. The maximum Gasteiger partial charge on any atom is 0.336 e. The molecule has 0 amide bonds. The van der Waals surface area contributed by atoms with Crippen LogP contribution in [0.1, 0.15) is 104 Å². The molecule has 2 aromatic carbocycles. The summed E-state index contributed by atoms with van der Waals surface area (Å²) < 4.78 is 0. The van der Waals surface area contributed by atoms with Crippen LogP contribution in [0.25, 0.3) is 0 Å². The Balaban J connectivity index is 0.000000342. The second kappa shape index (κ2) is 13.1. The Morgan fingerprint density at radius 2 is 1.00 bits per heavy atom. The summed E-state index contributed by atoms with van der Waals surface area (Å²) in [4.78, 5) is 44.4. The Morgan fingerprint density at radius 1 is 0.588 bits per heavy atom. The molecule has 0 aliphatic rings. The van der Waals surface area contributed by atoms with E-state index in [1.165, 1.54) is 12.1 Å². The number of aromatic carboxylic acids is 4. The van der Waals surface area contributed by atoms with Gasteiger partial charge in [-0.2, -0.15) is 0 Å². The van der Waals surface area contributed by atoms with Crippen LogP contribution < -0.4 is 0 Å². The summed E-state index contributed by atoms with van der Waals surface area (Å²) in [6, 6.07) is 6.17.